The van der Waals surface area contributed by atoms with Crippen LogP contribution in [-0.2, 0) is 11.2 Å². The van der Waals surface area contributed by atoms with E-state index in [1.807, 2.05) is 18.2 Å². The van der Waals surface area contributed by atoms with Crippen molar-refractivity contribution in [2.24, 2.45) is 0 Å². The summed E-state index contributed by atoms with van der Waals surface area (Å²) in [5.74, 6) is -0.277. The van der Waals surface area contributed by atoms with E-state index in [0.29, 0.717) is 6.54 Å². The zero-order valence-electron chi connectivity index (χ0n) is 11.6. The van der Waals surface area contributed by atoms with E-state index in [1.54, 1.807) is 0 Å². The molecule has 1 aliphatic heterocycles. The van der Waals surface area contributed by atoms with Crippen molar-refractivity contribution in [3.63, 3.8) is 0 Å². The highest BCUT2D eigenvalue weighted by Crippen LogP contribution is 2.31. The van der Waals surface area contributed by atoms with Crippen LogP contribution in [0.4, 0.5) is 16.2 Å². The number of hydrogen-bond donors (Lipinski definition) is 3. The van der Waals surface area contributed by atoms with Gasteiger partial charge in [0.25, 0.3) is 0 Å². The van der Waals surface area contributed by atoms with Gasteiger partial charge in [-0.25, -0.2) is 4.79 Å². The van der Waals surface area contributed by atoms with Gasteiger partial charge in [0.15, 0.2) is 0 Å². The second-order valence-electron chi connectivity index (χ2n) is 4.81. The summed E-state index contributed by atoms with van der Waals surface area (Å²) in [6.45, 7) is 1.49. The van der Waals surface area contributed by atoms with E-state index in [4.69, 9.17) is 5.73 Å². The quantitative estimate of drug-likeness (QED) is 0.715. The number of urea groups is 1. The molecule has 1 aromatic rings. The summed E-state index contributed by atoms with van der Waals surface area (Å²) in [5, 5.41) is 4.62. The number of nitrogen functional groups attached to an aromatic ring is 1. The van der Waals surface area contributed by atoms with Crippen molar-refractivity contribution in [3.8, 4) is 0 Å². The first kappa shape index (κ1) is 14.2. The third kappa shape index (κ3) is 3.20. The first-order valence-electron chi connectivity index (χ1n) is 6.75. The molecule has 0 bridgehead atoms. The van der Waals surface area contributed by atoms with Crippen LogP contribution in [-0.4, -0.2) is 32.1 Å². The third-order valence-corrected chi connectivity index (χ3v) is 3.47. The summed E-state index contributed by atoms with van der Waals surface area (Å²) >= 11 is 0. The Morgan fingerprint density at radius 2 is 2.20 bits per heavy atom. The van der Waals surface area contributed by atoms with E-state index in [2.05, 4.69) is 15.5 Å². The van der Waals surface area contributed by atoms with Gasteiger partial charge in [0, 0.05) is 37.9 Å². The molecule has 1 aromatic carbocycles. The van der Waals surface area contributed by atoms with Crippen LogP contribution in [0.3, 0.4) is 0 Å². The molecule has 0 aromatic heterocycles. The fraction of sp³-hybridized carbons (Fsp3) is 0.429. The highest BCUT2D eigenvalue weighted by molar-refractivity contribution is 5.94. The van der Waals surface area contributed by atoms with Crippen LogP contribution in [0.1, 0.15) is 18.4 Å². The monoisotopic (exact) mass is 276 g/mol. The Balaban J connectivity index is 1.97. The normalized spacial score (nSPS) is 13.6. The molecule has 0 saturated heterocycles. The molecule has 4 N–H and O–H groups in total. The average molecular weight is 276 g/mol. The molecule has 20 heavy (non-hydrogen) atoms. The maximum absolute atomic E-state index is 11.6. The van der Waals surface area contributed by atoms with E-state index in [-0.39, 0.29) is 12.3 Å². The largest absolute Gasteiger partial charge is 0.398 e. The van der Waals surface area contributed by atoms with Crippen molar-refractivity contribution >= 4 is 23.3 Å². The van der Waals surface area contributed by atoms with Gasteiger partial charge in [-0.1, -0.05) is 6.07 Å². The standard InChI is InChI=1S/C14H20N4O2/c1-16-14(20)17-13(19)7-9-18-8-3-4-10-11(15)5-2-6-12(10)18/h2,5-6H,3-4,7-9,15H2,1H3,(H2,16,17,19,20). The van der Waals surface area contributed by atoms with Gasteiger partial charge < -0.3 is 16.0 Å². The summed E-state index contributed by atoms with van der Waals surface area (Å²) in [4.78, 5) is 24.8. The number of carbonyl (C=O) groups excluding carboxylic acids is 2. The van der Waals surface area contributed by atoms with Gasteiger partial charge in [0.2, 0.25) is 5.91 Å². The number of benzene rings is 1. The summed E-state index contributed by atoms with van der Waals surface area (Å²) in [5.41, 5.74) is 9.05. The third-order valence-electron chi connectivity index (χ3n) is 3.47. The number of nitrogens with one attached hydrogen (secondary N) is 2. The van der Waals surface area contributed by atoms with Crippen LogP contribution in [0, 0.1) is 0 Å². The Labute approximate surface area is 118 Å². The van der Waals surface area contributed by atoms with Gasteiger partial charge in [0.1, 0.15) is 0 Å². The summed E-state index contributed by atoms with van der Waals surface area (Å²) in [6.07, 6.45) is 2.28. The fourth-order valence-corrected chi connectivity index (χ4v) is 2.45. The predicted octanol–water partition coefficient (Wildman–Crippen LogP) is 0.867. The minimum absolute atomic E-state index is 0.277. The van der Waals surface area contributed by atoms with Gasteiger partial charge >= 0.3 is 6.03 Å². The van der Waals surface area contributed by atoms with Crippen LogP contribution < -0.4 is 21.3 Å². The molecule has 0 fully saturated rings. The van der Waals surface area contributed by atoms with Crippen molar-refractivity contribution < 1.29 is 9.59 Å². The molecule has 1 heterocycles. The summed E-state index contributed by atoms with van der Waals surface area (Å²) in [7, 11) is 1.48. The molecule has 0 saturated carbocycles. The van der Waals surface area contributed by atoms with Crippen LogP contribution in [0.15, 0.2) is 18.2 Å². The predicted molar refractivity (Wildman–Crippen MR) is 78.6 cm³/mol. The highest BCUT2D eigenvalue weighted by atomic mass is 16.2. The summed E-state index contributed by atoms with van der Waals surface area (Å²) < 4.78 is 0. The Kier molecular flexibility index (Phi) is 4.45. The second-order valence-corrected chi connectivity index (χ2v) is 4.81. The Hall–Kier alpha value is -2.24. The first-order valence-corrected chi connectivity index (χ1v) is 6.75. The zero-order valence-corrected chi connectivity index (χ0v) is 11.6. The maximum atomic E-state index is 11.6. The number of nitrogens with two attached hydrogens (primary N) is 1. The Morgan fingerprint density at radius 3 is 2.95 bits per heavy atom. The second kappa shape index (κ2) is 6.27. The Morgan fingerprint density at radius 1 is 1.40 bits per heavy atom. The van der Waals surface area contributed by atoms with Gasteiger partial charge in [-0.2, -0.15) is 0 Å². The van der Waals surface area contributed by atoms with Crippen molar-refractivity contribution in [2.45, 2.75) is 19.3 Å². The number of carbonyl (C=O) groups is 2. The molecule has 0 unspecified atom stereocenters. The van der Waals surface area contributed by atoms with E-state index < -0.39 is 6.03 Å². The first-order chi connectivity index (χ1) is 9.61. The van der Waals surface area contributed by atoms with Crippen molar-refractivity contribution in [3.05, 3.63) is 23.8 Å². The fourth-order valence-electron chi connectivity index (χ4n) is 2.45. The molecule has 6 heteroatoms. The minimum Gasteiger partial charge on any atom is -0.398 e. The SMILES string of the molecule is CNC(=O)NC(=O)CCN1CCCc2c(N)cccc21. The smallest absolute Gasteiger partial charge is 0.321 e. The molecule has 3 amide bonds. The van der Waals surface area contributed by atoms with Gasteiger partial charge in [-0.15, -0.1) is 0 Å². The molecule has 0 aliphatic carbocycles. The number of nitrogens with zero attached hydrogens (tertiary/aromatic N) is 1. The topological polar surface area (TPSA) is 87.5 Å². The molecule has 108 valence electrons. The van der Waals surface area contributed by atoms with Gasteiger partial charge in [-0.05, 0) is 30.5 Å². The lowest BCUT2D eigenvalue weighted by Gasteiger charge is -2.31. The lowest BCUT2D eigenvalue weighted by molar-refractivity contribution is -0.119. The maximum Gasteiger partial charge on any atom is 0.321 e. The molecule has 0 radical (unpaired) electrons. The molecule has 2 rings (SSSR count). The van der Waals surface area contributed by atoms with Crippen LogP contribution in [0.2, 0.25) is 0 Å². The van der Waals surface area contributed by atoms with Gasteiger partial charge in [-0.3, -0.25) is 10.1 Å². The zero-order chi connectivity index (χ0) is 14.5. The van der Waals surface area contributed by atoms with E-state index in [9.17, 15) is 9.59 Å². The molecule has 0 spiro atoms. The number of fused-ring (bicyclic) bond motifs is 1. The number of hydrogen-bond acceptors (Lipinski definition) is 4. The molecular formula is C14H20N4O2. The van der Waals surface area contributed by atoms with Crippen molar-refractivity contribution in [1.29, 1.82) is 0 Å². The Bertz CT molecular complexity index is 516. The highest BCUT2D eigenvalue weighted by Gasteiger charge is 2.19. The van der Waals surface area contributed by atoms with Gasteiger partial charge in [0.05, 0.1) is 0 Å². The number of imide groups is 1. The lowest BCUT2D eigenvalue weighted by Crippen LogP contribution is -2.40. The van der Waals surface area contributed by atoms with Crippen LogP contribution in [0.25, 0.3) is 0 Å². The molecule has 0 atom stereocenters. The number of amides is 3. The average Bonchev–Trinajstić information content (AvgIpc) is 2.45. The minimum atomic E-state index is -0.474. The number of rotatable bonds is 3. The molecular weight excluding hydrogens is 256 g/mol. The summed E-state index contributed by atoms with van der Waals surface area (Å²) in [6, 6.07) is 5.39. The van der Waals surface area contributed by atoms with E-state index in [0.717, 1.165) is 36.3 Å². The van der Waals surface area contributed by atoms with Crippen LogP contribution >= 0.6 is 0 Å². The molecule has 1 aliphatic rings. The number of anilines is 2. The van der Waals surface area contributed by atoms with E-state index in [1.165, 1.54) is 7.05 Å². The van der Waals surface area contributed by atoms with Crippen molar-refractivity contribution in [2.75, 3.05) is 30.8 Å². The van der Waals surface area contributed by atoms with Crippen molar-refractivity contribution in [1.82, 2.24) is 10.6 Å². The van der Waals surface area contributed by atoms with E-state index >= 15 is 0 Å². The lowest BCUT2D eigenvalue weighted by atomic mass is 10.00. The molecule has 6 nitrogen and oxygen atoms in total. The van der Waals surface area contributed by atoms with Crippen LogP contribution in [0.5, 0.6) is 0 Å².